The van der Waals surface area contributed by atoms with Crippen molar-refractivity contribution in [2.75, 3.05) is 17.7 Å². The number of benzene rings is 1. The number of anilines is 2. The van der Waals surface area contributed by atoms with Gasteiger partial charge in [-0.05, 0) is 36.8 Å². The zero-order chi connectivity index (χ0) is 13.0. The molecule has 0 radical (unpaired) electrons. The maximum atomic E-state index is 12.1. The van der Waals surface area contributed by atoms with Crippen LogP contribution in [0, 0.1) is 6.92 Å². The molecular formula is C14H15N3O. The van der Waals surface area contributed by atoms with E-state index in [0.717, 1.165) is 11.3 Å². The van der Waals surface area contributed by atoms with Gasteiger partial charge < -0.3 is 10.6 Å². The van der Waals surface area contributed by atoms with Crippen molar-refractivity contribution in [3.8, 4) is 0 Å². The molecule has 4 heteroatoms. The minimum Gasteiger partial charge on any atom is -0.387 e. The van der Waals surface area contributed by atoms with E-state index >= 15 is 0 Å². The third-order valence-electron chi connectivity index (χ3n) is 2.61. The highest BCUT2D eigenvalue weighted by Crippen LogP contribution is 2.18. The molecule has 1 aromatic heterocycles. The van der Waals surface area contributed by atoms with Crippen LogP contribution in [0.2, 0.25) is 0 Å². The van der Waals surface area contributed by atoms with Crippen LogP contribution >= 0.6 is 0 Å². The normalized spacial score (nSPS) is 9.89. The van der Waals surface area contributed by atoms with Crippen LogP contribution in [-0.4, -0.2) is 17.9 Å². The highest BCUT2D eigenvalue weighted by atomic mass is 16.1. The minimum atomic E-state index is -0.146. The van der Waals surface area contributed by atoms with Crippen LogP contribution in [0.1, 0.15) is 15.9 Å². The lowest BCUT2D eigenvalue weighted by Crippen LogP contribution is -2.14. The average Bonchev–Trinajstić information content (AvgIpc) is 2.39. The third-order valence-corrected chi connectivity index (χ3v) is 2.61. The summed E-state index contributed by atoms with van der Waals surface area (Å²) in [6.07, 6.45) is 3.28. The van der Waals surface area contributed by atoms with Crippen molar-refractivity contribution in [3.63, 3.8) is 0 Å². The van der Waals surface area contributed by atoms with Gasteiger partial charge >= 0.3 is 0 Å². The van der Waals surface area contributed by atoms with Gasteiger partial charge in [0.1, 0.15) is 0 Å². The van der Waals surface area contributed by atoms with Crippen LogP contribution in [0.15, 0.2) is 42.7 Å². The van der Waals surface area contributed by atoms with Crippen molar-refractivity contribution in [2.45, 2.75) is 6.92 Å². The van der Waals surface area contributed by atoms with Crippen LogP contribution in [0.25, 0.3) is 0 Å². The molecule has 1 aromatic carbocycles. The number of hydrogen-bond acceptors (Lipinski definition) is 3. The van der Waals surface area contributed by atoms with Gasteiger partial charge in [-0.1, -0.05) is 6.07 Å². The molecule has 0 unspecified atom stereocenters. The summed E-state index contributed by atoms with van der Waals surface area (Å²) in [5.74, 6) is -0.146. The molecule has 0 spiro atoms. The number of aryl methyl sites for hydroxylation is 1. The summed E-state index contributed by atoms with van der Waals surface area (Å²) in [4.78, 5) is 16.1. The SMILES string of the molecule is CNc1cc(C)ccc1C(=O)Nc1cccnc1. The van der Waals surface area contributed by atoms with Gasteiger partial charge in [-0.2, -0.15) is 0 Å². The molecule has 2 aromatic rings. The summed E-state index contributed by atoms with van der Waals surface area (Å²) in [7, 11) is 1.80. The van der Waals surface area contributed by atoms with Crippen molar-refractivity contribution < 1.29 is 4.79 Å². The maximum Gasteiger partial charge on any atom is 0.257 e. The van der Waals surface area contributed by atoms with Gasteiger partial charge in [0, 0.05) is 18.9 Å². The Labute approximate surface area is 106 Å². The van der Waals surface area contributed by atoms with Crippen molar-refractivity contribution in [1.82, 2.24) is 4.98 Å². The monoisotopic (exact) mass is 241 g/mol. The molecule has 92 valence electrons. The van der Waals surface area contributed by atoms with E-state index in [0.29, 0.717) is 11.3 Å². The van der Waals surface area contributed by atoms with E-state index in [9.17, 15) is 4.79 Å². The second-order valence-corrected chi connectivity index (χ2v) is 3.99. The highest BCUT2D eigenvalue weighted by Gasteiger charge is 2.10. The molecule has 0 saturated heterocycles. The summed E-state index contributed by atoms with van der Waals surface area (Å²) in [6, 6.07) is 9.26. The Morgan fingerprint density at radius 1 is 1.28 bits per heavy atom. The molecule has 0 aliphatic heterocycles. The topological polar surface area (TPSA) is 54.0 Å². The van der Waals surface area contributed by atoms with E-state index in [1.165, 1.54) is 0 Å². The number of hydrogen-bond donors (Lipinski definition) is 2. The first-order valence-electron chi connectivity index (χ1n) is 5.70. The Morgan fingerprint density at radius 2 is 2.11 bits per heavy atom. The fourth-order valence-electron chi connectivity index (χ4n) is 1.70. The van der Waals surface area contributed by atoms with Gasteiger partial charge in [0.05, 0.1) is 17.4 Å². The molecule has 2 N–H and O–H groups in total. The van der Waals surface area contributed by atoms with Crippen molar-refractivity contribution >= 4 is 17.3 Å². The number of carbonyl (C=O) groups is 1. The number of carbonyl (C=O) groups excluding carboxylic acids is 1. The lowest BCUT2D eigenvalue weighted by molar-refractivity contribution is 0.102. The van der Waals surface area contributed by atoms with E-state index < -0.39 is 0 Å². The minimum absolute atomic E-state index is 0.146. The number of pyridine rings is 1. The summed E-state index contributed by atoms with van der Waals surface area (Å²) >= 11 is 0. The summed E-state index contributed by atoms with van der Waals surface area (Å²) < 4.78 is 0. The molecule has 1 amide bonds. The molecule has 2 rings (SSSR count). The Hall–Kier alpha value is -2.36. The van der Waals surface area contributed by atoms with Gasteiger partial charge in [0.25, 0.3) is 5.91 Å². The summed E-state index contributed by atoms with van der Waals surface area (Å²) in [5.41, 5.74) is 3.23. The highest BCUT2D eigenvalue weighted by molar-refractivity contribution is 6.08. The fourth-order valence-corrected chi connectivity index (χ4v) is 1.70. The van der Waals surface area contributed by atoms with Gasteiger partial charge in [0.2, 0.25) is 0 Å². The Bertz CT molecular complexity index is 552. The zero-order valence-electron chi connectivity index (χ0n) is 10.4. The van der Waals surface area contributed by atoms with E-state index in [1.54, 1.807) is 31.6 Å². The second kappa shape index (κ2) is 5.31. The predicted octanol–water partition coefficient (Wildman–Crippen LogP) is 2.68. The van der Waals surface area contributed by atoms with Gasteiger partial charge in [0.15, 0.2) is 0 Å². The molecule has 0 aliphatic carbocycles. The predicted molar refractivity (Wildman–Crippen MR) is 72.9 cm³/mol. The molecular weight excluding hydrogens is 226 g/mol. The molecule has 0 bridgehead atoms. The first-order chi connectivity index (χ1) is 8.70. The maximum absolute atomic E-state index is 12.1. The smallest absolute Gasteiger partial charge is 0.257 e. The van der Waals surface area contributed by atoms with Gasteiger partial charge in [-0.3, -0.25) is 9.78 Å². The van der Waals surface area contributed by atoms with Crippen molar-refractivity contribution in [3.05, 3.63) is 53.9 Å². The van der Waals surface area contributed by atoms with Crippen LogP contribution in [-0.2, 0) is 0 Å². The summed E-state index contributed by atoms with van der Waals surface area (Å²) in [5, 5.41) is 5.84. The van der Waals surface area contributed by atoms with Crippen LogP contribution in [0.4, 0.5) is 11.4 Å². The lowest BCUT2D eigenvalue weighted by atomic mass is 10.1. The van der Waals surface area contributed by atoms with Gasteiger partial charge in [-0.15, -0.1) is 0 Å². The molecule has 4 nitrogen and oxygen atoms in total. The molecule has 0 fully saturated rings. The largest absolute Gasteiger partial charge is 0.387 e. The Morgan fingerprint density at radius 3 is 2.78 bits per heavy atom. The molecule has 0 aliphatic rings. The van der Waals surface area contributed by atoms with E-state index in [-0.39, 0.29) is 5.91 Å². The number of nitrogens with zero attached hydrogens (tertiary/aromatic N) is 1. The molecule has 0 saturated carbocycles. The number of amides is 1. The van der Waals surface area contributed by atoms with Crippen molar-refractivity contribution in [2.24, 2.45) is 0 Å². The molecule has 1 heterocycles. The van der Waals surface area contributed by atoms with E-state index in [1.807, 2.05) is 25.1 Å². The second-order valence-electron chi connectivity index (χ2n) is 3.99. The van der Waals surface area contributed by atoms with Crippen LogP contribution in [0.3, 0.4) is 0 Å². The Balaban J connectivity index is 2.24. The number of aromatic nitrogens is 1. The lowest BCUT2D eigenvalue weighted by Gasteiger charge is -2.10. The number of nitrogens with one attached hydrogen (secondary N) is 2. The quantitative estimate of drug-likeness (QED) is 0.868. The third kappa shape index (κ3) is 2.66. The van der Waals surface area contributed by atoms with E-state index in [2.05, 4.69) is 15.6 Å². The van der Waals surface area contributed by atoms with Crippen molar-refractivity contribution in [1.29, 1.82) is 0 Å². The molecule has 0 atom stereocenters. The standard InChI is InChI=1S/C14H15N3O/c1-10-5-6-12(13(8-10)15-2)14(18)17-11-4-3-7-16-9-11/h3-9,15H,1-2H3,(H,17,18). The molecule has 18 heavy (non-hydrogen) atoms. The van der Waals surface area contributed by atoms with Gasteiger partial charge in [-0.25, -0.2) is 0 Å². The van der Waals surface area contributed by atoms with Crippen LogP contribution < -0.4 is 10.6 Å². The zero-order valence-corrected chi connectivity index (χ0v) is 10.4. The first-order valence-corrected chi connectivity index (χ1v) is 5.70. The van der Waals surface area contributed by atoms with E-state index in [4.69, 9.17) is 0 Å². The average molecular weight is 241 g/mol. The number of rotatable bonds is 3. The fraction of sp³-hybridized carbons (Fsp3) is 0.143. The Kier molecular flexibility index (Phi) is 3.57. The summed E-state index contributed by atoms with van der Waals surface area (Å²) in [6.45, 7) is 1.99. The first kappa shape index (κ1) is 12.1. The van der Waals surface area contributed by atoms with Crippen LogP contribution in [0.5, 0.6) is 0 Å².